The topological polar surface area (TPSA) is 57.2 Å². The Morgan fingerprint density at radius 1 is 0.852 bits per heavy atom. The van der Waals surface area contributed by atoms with E-state index in [1.54, 1.807) is 6.33 Å². The highest BCUT2D eigenvalue weighted by molar-refractivity contribution is 5.85. The molecule has 0 amide bonds. The van der Waals surface area contributed by atoms with E-state index < -0.39 is 0 Å². The summed E-state index contributed by atoms with van der Waals surface area (Å²) in [6, 6.07) is 4.37. The molecule has 0 spiro atoms. The molecule has 0 atom stereocenters. The van der Waals surface area contributed by atoms with Gasteiger partial charge in [-0.2, -0.15) is 0 Å². The Kier molecular flexibility index (Phi) is 7.65. The van der Waals surface area contributed by atoms with Crippen LogP contribution >= 0.6 is 24.8 Å². The summed E-state index contributed by atoms with van der Waals surface area (Å²) in [5.41, 5.74) is 6.03. The van der Waals surface area contributed by atoms with E-state index in [0.717, 1.165) is 69.3 Å². The maximum Gasteiger partial charge on any atom is 0.135 e. The highest BCUT2D eigenvalue weighted by Gasteiger charge is 2.23. The molecule has 27 heavy (non-hydrogen) atoms. The highest BCUT2D eigenvalue weighted by Crippen LogP contribution is 2.25. The van der Waals surface area contributed by atoms with Crippen LogP contribution in [0, 0.1) is 13.8 Å². The standard InChI is InChI=1S/C19H26N6.2ClH/c1-14-11-16(12-15(2)23-14)24-7-9-25(10-8-24)19-17-3-5-20-6-4-18(17)21-13-22-19;;/h11-13,20H,3-10H2,1-2H3;2*1H. The Labute approximate surface area is 173 Å². The van der Waals surface area contributed by atoms with Gasteiger partial charge in [-0.3, -0.25) is 4.98 Å². The lowest BCUT2D eigenvalue weighted by atomic mass is 10.1. The van der Waals surface area contributed by atoms with Crippen LogP contribution in [0.2, 0.25) is 0 Å². The summed E-state index contributed by atoms with van der Waals surface area (Å²) in [5.74, 6) is 1.15. The number of nitrogens with one attached hydrogen (secondary N) is 1. The summed E-state index contributed by atoms with van der Waals surface area (Å²) in [6.07, 6.45) is 3.76. The summed E-state index contributed by atoms with van der Waals surface area (Å²) < 4.78 is 0. The zero-order valence-corrected chi connectivity index (χ0v) is 17.6. The zero-order valence-electron chi connectivity index (χ0n) is 15.9. The van der Waals surface area contributed by atoms with E-state index in [9.17, 15) is 0 Å². The molecule has 1 N–H and O–H groups in total. The Balaban J connectivity index is 0.00000131. The van der Waals surface area contributed by atoms with Gasteiger partial charge in [-0.05, 0) is 38.9 Å². The third-order valence-electron chi connectivity index (χ3n) is 5.11. The van der Waals surface area contributed by atoms with Crippen molar-refractivity contribution < 1.29 is 0 Å². The maximum absolute atomic E-state index is 4.64. The zero-order chi connectivity index (χ0) is 17.2. The predicted octanol–water partition coefficient (Wildman–Crippen LogP) is 2.35. The second-order valence-corrected chi connectivity index (χ2v) is 6.95. The van der Waals surface area contributed by atoms with Crippen LogP contribution in [0.4, 0.5) is 11.5 Å². The van der Waals surface area contributed by atoms with Crippen molar-refractivity contribution in [3.05, 3.63) is 41.1 Å². The van der Waals surface area contributed by atoms with Gasteiger partial charge in [0, 0.05) is 61.8 Å². The van der Waals surface area contributed by atoms with Crippen LogP contribution in [0.15, 0.2) is 18.5 Å². The first-order chi connectivity index (χ1) is 12.2. The molecular formula is C19H28Cl2N6. The third kappa shape index (κ3) is 4.81. The molecule has 4 rings (SSSR count). The van der Waals surface area contributed by atoms with Gasteiger partial charge in [-0.1, -0.05) is 0 Å². The molecule has 2 aromatic rings. The number of halogens is 2. The molecule has 0 bridgehead atoms. The molecule has 8 heteroatoms. The van der Waals surface area contributed by atoms with Crippen molar-refractivity contribution in [2.24, 2.45) is 0 Å². The van der Waals surface area contributed by atoms with Crippen molar-refractivity contribution in [3.8, 4) is 0 Å². The number of nitrogens with zero attached hydrogens (tertiary/aromatic N) is 5. The molecule has 2 aliphatic heterocycles. The molecule has 0 aliphatic carbocycles. The van der Waals surface area contributed by atoms with Crippen molar-refractivity contribution in [1.82, 2.24) is 20.3 Å². The lowest BCUT2D eigenvalue weighted by Gasteiger charge is -2.37. The summed E-state index contributed by atoms with van der Waals surface area (Å²) in [5, 5.41) is 3.46. The molecular weight excluding hydrogens is 383 g/mol. The fourth-order valence-corrected chi connectivity index (χ4v) is 3.90. The fourth-order valence-electron chi connectivity index (χ4n) is 3.90. The highest BCUT2D eigenvalue weighted by atomic mass is 35.5. The SMILES string of the molecule is Cc1cc(N2CCN(c3ncnc4c3CCNCC4)CC2)cc(C)n1.Cl.Cl. The number of piperazine rings is 1. The molecule has 1 saturated heterocycles. The van der Waals surface area contributed by atoms with Gasteiger partial charge in [-0.15, -0.1) is 24.8 Å². The number of anilines is 2. The van der Waals surface area contributed by atoms with Crippen LogP contribution in [0.3, 0.4) is 0 Å². The first-order valence-corrected chi connectivity index (χ1v) is 9.19. The molecule has 6 nitrogen and oxygen atoms in total. The fraction of sp³-hybridized carbons (Fsp3) is 0.526. The van der Waals surface area contributed by atoms with Crippen molar-refractivity contribution in [2.45, 2.75) is 26.7 Å². The van der Waals surface area contributed by atoms with Crippen LogP contribution in [-0.4, -0.2) is 54.2 Å². The van der Waals surface area contributed by atoms with Crippen LogP contribution in [0.5, 0.6) is 0 Å². The van der Waals surface area contributed by atoms with Gasteiger partial charge in [0.25, 0.3) is 0 Å². The van der Waals surface area contributed by atoms with Crippen molar-refractivity contribution in [3.63, 3.8) is 0 Å². The molecule has 4 heterocycles. The molecule has 148 valence electrons. The van der Waals surface area contributed by atoms with E-state index in [1.807, 2.05) is 0 Å². The number of rotatable bonds is 2. The summed E-state index contributed by atoms with van der Waals surface area (Å²) >= 11 is 0. The van der Waals surface area contributed by atoms with Crippen molar-refractivity contribution in [1.29, 1.82) is 0 Å². The van der Waals surface area contributed by atoms with Gasteiger partial charge < -0.3 is 15.1 Å². The monoisotopic (exact) mass is 410 g/mol. The lowest BCUT2D eigenvalue weighted by Crippen LogP contribution is -2.47. The van der Waals surface area contributed by atoms with Crippen LogP contribution < -0.4 is 15.1 Å². The van der Waals surface area contributed by atoms with Gasteiger partial charge in [0.2, 0.25) is 0 Å². The third-order valence-corrected chi connectivity index (χ3v) is 5.11. The summed E-state index contributed by atoms with van der Waals surface area (Å²) in [4.78, 5) is 18.5. The van der Waals surface area contributed by atoms with E-state index >= 15 is 0 Å². The van der Waals surface area contributed by atoms with Gasteiger partial charge in [0.05, 0.1) is 5.69 Å². The van der Waals surface area contributed by atoms with E-state index in [-0.39, 0.29) is 24.8 Å². The minimum atomic E-state index is 0. The van der Waals surface area contributed by atoms with E-state index in [1.165, 1.54) is 16.9 Å². The summed E-state index contributed by atoms with van der Waals surface area (Å²) in [6.45, 7) is 10.2. The first kappa shape index (κ1) is 21.7. The Bertz CT molecular complexity index is 742. The van der Waals surface area contributed by atoms with E-state index in [0.29, 0.717) is 0 Å². The quantitative estimate of drug-likeness (QED) is 0.819. The van der Waals surface area contributed by atoms with Gasteiger partial charge in [0.15, 0.2) is 0 Å². The molecule has 2 aromatic heterocycles. The molecule has 1 fully saturated rings. The maximum atomic E-state index is 4.64. The van der Waals surface area contributed by atoms with Crippen LogP contribution in [0.1, 0.15) is 22.6 Å². The number of aryl methyl sites for hydroxylation is 2. The Hall–Kier alpha value is -1.63. The average molecular weight is 411 g/mol. The minimum Gasteiger partial charge on any atom is -0.368 e. The van der Waals surface area contributed by atoms with E-state index in [4.69, 9.17) is 0 Å². The summed E-state index contributed by atoms with van der Waals surface area (Å²) in [7, 11) is 0. The van der Waals surface area contributed by atoms with Crippen molar-refractivity contribution in [2.75, 3.05) is 49.1 Å². The second kappa shape index (κ2) is 9.53. The Morgan fingerprint density at radius 2 is 1.48 bits per heavy atom. The minimum absolute atomic E-state index is 0. The number of aromatic nitrogens is 3. The molecule has 2 aliphatic rings. The van der Waals surface area contributed by atoms with Crippen LogP contribution in [-0.2, 0) is 12.8 Å². The predicted molar refractivity (Wildman–Crippen MR) is 115 cm³/mol. The molecule has 0 unspecified atom stereocenters. The number of hydrogen-bond acceptors (Lipinski definition) is 6. The van der Waals surface area contributed by atoms with Gasteiger partial charge in [-0.25, -0.2) is 9.97 Å². The van der Waals surface area contributed by atoms with Gasteiger partial charge >= 0.3 is 0 Å². The molecule has 0 radical (unpaired) electrons. The largest absolute Gasteiger partial charge is 0.368 e. The smallest absolute Gasteiger partial charge is 0.135 e. The lowest BCUT2D eigenvalue weighted by molar-refractivity contribution is 0.641. The number of pyridine rings is 1. The Morgan fingerprint density at radius 3 is 2.19 bits per heavy atom. The second-order valence-electron chi connectivity index (χ2n) is 6.95. The number of hydrogen-bond donors (Lipinski definition) is 1. The molecule has 0 saturated carbocycles. The van der Waals surface area contributed by atoms with Crippen LogP contribution in [0.25, 0.3) is 0 Å². The van der Waals surface area contributed by atoms with E-state index in [2.05, 4.69) is 56.0 Å². The first-order valence-electron chi connectivity index (χ1n) is 9.19. The average Bonchev–Trinajstić information content (AvgIpc) is 2.86. The van der Waals surface area contributed by atoms with Gasteiger partial charge in [0.1, 0.15) is 12.1 Å². The van der Waals surface area contributed by atoms with Crippen molar-refractivity contribution >= 4 is 36.3 Å². The molecule has 0 aromatic carbocycles. The number of fused-ring (bicyclic) bond motifs is 1. The normalized spacial score (nSPS) is 16.7.